The van der Waals surface area contributed by atoms with Gasteiger partial charge in [-0.15, -0.1) is 0 Å². The first-order chi connectivity index (χ1) is 25.1. The summed E-state index contributed by atoms with van der Waals surface area (Å²) < 4.78 is 12.9. The average Bonchev–Trinajstić information content (AvgIpc) is 3.46. The molecule has 2 heterocycles. The highest BCUT2D eigenvalue weighted by Crippen LogP contribution is 2.57. The van der Waals surface area contributed by atoms with Crippen molar-refractivity contribution in [1.82, 2.24) is 0 Å². The minimum absolute atomic E-state index is 0.340. The standard InChI is InChI=1S/C45H33N3O3/c49-44-43-31(27-30-11-3-1-4-12-30)28-37(29-40(43)45(51-44)38-15-7-9-17-41(38)50-42-18-10-8-16-39(42)45)48-36-25-23-35(24-26-36)47-34-21-19-33(20-22-34)46-32-13-5-2-6-14-32/h1-26,28-29,46-48H,27H2. The maximum atomic E-state index is 14.0. The molecule has 3 N–H and O–H groups in total. The molecule has 0 saturated carbocycles. The number of carbonyl (C=O) groups is 1. The third kappa shape index (κ3) is 5.63. The summed E-state index contributed by atoms with van der Waals surface area (Å²) in [6, 6.07) is 56.5. The van der Waals surface area contributed by atoms with E-state index in [0.29, 0.717) is 23.5 Å². The second-order valence-electron chi connectivity index (χ2n) is 12.8. The molecule has 0 atom stereocenters. The molecule has 7 aromatic rings. The van der Waals surface area contributed by atoms with Gasteiger partial charge in [0.25, 0.3) is 0 Å². The molecule has 2 aliphatic heterocycles. The summed E-state index contributed by atoms with van der Waals surface area (Å²) in [5.41, 5.74) is 9.67. The zero-order chi connectivity index (χ0) is 34.2. The molecule has 51 heavy (non-hydrogen) atoms. The summed E-state index contributed by atoms with van der Waals surface area (Å²) in [4.78, 5) is 14.0. The summed E-state index contributed by atoms with van der Waals surface area (Å²) in [5.74, 6) is 1.00. The van der Waals surface area contributed by atoms with Gasteiger partial charge in [0.05, 0.1) is 5.56 Å². The van der Waals surface area contributed by atoms with Gasteiger partial charge in [0.15, 0.2) is 5.60 Å². The predicted octanol–water partition coefficient (Wildman–Crippen LogP) is 11.1. The summed E-state index contributed by atoms with van der Waals surface area (Å²) >= 11 is 0. The Balaban J connectivity index is 1.05. The first-order valence-electron chi connectivity index (χ1n) is 17.0. The number of nitrogens with one attached hydrogen (secondary N) is 3. The number of hydrogen-bond donors (Lipinski definition) is 3. The topological polar surface area (TPSA) is 71.6 Å². The highest BCUT2D eigenvalue weighted by atomic mass is 16.6. The van der Waals surface area contributed by atoms with Gasteiger partial charge in [0.2, 0.25) is 0 Å². The number of para-hydroxylation sites is 3. The van der Waals surface area contributed by atoms with Gasteiger partial charge in [-0.25, -0.2) is 4.79 Å². The smallest absolute Gasteiger partial charge is 0.340 e. The molecule has 0 bridgehead atoms. The molecule has 9 rings (SSSR count). The number of carbonyl (C=O) groups excluding carboxylic acids is 1. The third-order valence-electron chi connectivity index (χ3n) is 9.45. The Bertz CT molecular complexity index is 2330. The molecule has 0 amide bonds. The lowest BCUT2D eigenvalue weighted by Crippen LogP contribution is -2.33. The molecule has 0 unspecified atom stereocenters. The van der Waals surface area contributed by atoms with Gasteiger partial charge in [0.1, 0.15) is 11.5 Å². The van der Waals surface area contributed by atoms with Crippen LogP contribution in [0.25, 0.3) is 0 Å². The van der Waals surface area contributed by atoms with E-state index in [4.69, 9.17) is 9.47 Å². The first kappa shape index (κ1) is 30.3. The molecule has 0 aromatic heterocycles. The lowest BCUT2D eigenvalue weighted by Gasteiger charge is -2.36. The number of hydrogen-bond acceptors (Lipinski definition) is 6. The van der Waals surface area contributed by atoms with Crippen molar-refractivity contribution in [3.8, 4) is 11.5 Å². The number of anilines is 6. The van der Waals surface area contributed by atoms with Crippen molar-refractivity contribution < 1.29 is 14.3 Å². The maximum Gasteiger partial charge on any atom is 0.340 e. The second-order valence-corrected chi connectivity index (χ2v) is 12.8. The number of benzene rings is 7. The van der Waals surface area contributed by atoms with Crippen molar-refractivity contribution in [2.45, 2.75) is 12.0 Å². The van der Waals surface area contributed by atoms with Crippen LogP contribution in [-0.4, -0.2) is 5.97 Å². The normalized spacial score (nSPS) is 13.3. The van der Waals surface area contributed by atoms with Crippen LogP contribution in [-0.2, 0) is 16.8 Å². The lowest BCUT2D eigenvalue weighted by molar-refractivity contribution is 0.0224. The fourth-order valence-corrected chi connectivity index (χ4v) is 7.15. The van der Waals surface area contributed by atoms with Gasteiger partial charge in [-0.2, -0.15) is 0 Å². The highest BCUT2D eigenvalue weighted by molar-refractivity contribution is 5.99. The van der Waals surface area contributed by atoms with E-state index in [-0.39, 0.29) is 5.97 Å². The molecule has 246 valence electrons. The van der Waals surface area contributed by atoms with Crippen molar-refractivity contribution >= 4 is 40.1 Å². The predicted molar refractivity (Wildman–Crippen MR) is 203 cm³/mol. The van der Waals surface area contributed by atoms with Crippen molar-refractivity contribution in [3.63, 3.8) is 0 Å². The zero-order valence-electron chi connectivity index (χ0n) is 27.6. The van der Waals surface area contributed by atoms with E-state index in [1.54, 1.807) is 0 Å². The molecule has 0 radical (unpaired) electrons. The summed E-state index contributed by atoms with van der Waals surface area (Å²) in [6.07, 6.45) is 0.576. The molecule has 2 aliphatic rings. The van der Waals surface area contributed by atoms with E-state index in [9.17, 15) is 4.79 Å². The van der Waals surface area contributed by atoms with Gasteiger partial charge in [0, 0.05) is 50.8 Å². The minimum Gasteiger partial charge on any atom is -0.456 e. The van der Waals surface area contributed by atoms with Gasteiger partial charge < -0.3 is 25.4 Å². The Hall–Kier alpha value is -6.79. The Morgan fingerprint density at radius 1 is 0.451 bits per heavy atom. The van der Waals surface area contributed by atoms with Crippen LogP contribution in [0.5, 0.6) is 11.5 Å². The number of ether oxygens (including phenoxy) is 2. The van der Waals surface area contributed by atoms with E-state index in [2.05, 4.69) is 76.6 Å². The van der Waals surface area contributed by atoms with Crippen molar-refractivity contribution in [3.05, 3.63) is 203 Å². The second kappa shape index (κ2) is 12.6. The van der Waals surface area contributed by atoms with Crippen LogP contribution < -0.4 is 20.7 Å². The molecule has 0 fully saturated rings. The zero-order valence-corrected chi connectivity index (χ0v) is 27.6. The molecule has 6 heteroatoms. The Morgan fingerprint density at radius 3 is 1.45 bits per heavy atom. The molecule has 6 nitrogen and oxygen atoms in total. The number of esters is 1. The first-order valence-corrected chi connectivity index (χ1v) is 17.0. The average molecular weight is 664 g/mol. The molecule has 1 spiro atoms. The van der Waals surface area contributed by atoms with Gasteiger partial charge in [-0.3, -0.25) is 0 Å². The number of rotatable bonds is 8. The quantitative estimate of drug-likeness (QED) is 0.141. The third-order valence-corrected chi connectivity index (χ3v) is 9.45. The molecular formula is C45H33N3O3. The van der Waals surface area contributed by atoms with Crippen LogP contribution >= 0.6 is 0 Å². The van der Waals surface area contributed by atoms with E-state index in [1.165, 1.54) is 0 Å². The van der Waals surface area contributed by atoms with Gasteiger partial charge >= 0.3 is 5.97 Å². The van der Waals surface area contributed by atoms with E-state index in [0.717, 1.165) is 61.9 Å². The Morgan fingerprint density at radius 2 is 0.902 bits per heavy atom. The van der Waals surface area contributed by atoms with Gasteiger partial charge in [-0.05, 0) is 102 Å². The van der Waals surface area contributed by atoms with Crippen LogP contribution in [0.1, 0.15) is 38.2 Å². The van der Waals surface area contributed by atoms with Gasteiger partial charge in [-0.1, -0.05) is 84.9 Å². The van der Waals surface area contributed by atoms with Crippen LogP contribution in [0.15, 0.2) is 170 Å². The Kier molecular flexibility index (Phi) is 7.47. The van der Waals surface area contributed by atoms with Crippen molar-refractivity contribution in [1.29, 1.82) is 0 Å². The molecule has 0 aliphatic carbocycles. The Labute approximate surface area is 296 Å². The fraction of sp³-hybridized carbons (Fsp3) is 0.0444. The maximum absolute atomic E-state index is 14.0. The fourth-order valence-electron chi connectivity index (χ4n) is 7.15. The summed E-state index contributed by atoms with van der Waals surface area (Å²) in [7, 11) is 0. The molecule has 7 aromatic carbocycles. The molecule has 0 saturated heterocycles. The molecular weight excluding hydrogens is 631 g/mol. The number of fused-ring (bicyclic) bond motifs is 6. The summed E-state index contributed by atoms with van der Waals surface area (Å²) in [6.45, 7) is 0. The summed E-state index contributed by atoms with van der Waals surface area (Å²) in [5, 5.41) is 10.6. The van der Waals surface area contributed by atoms with E-state index >= 15 is 0 Å². The highest BCUT2D eigenvalue weighted by Gasteiger charge is 2.54. The van der Waals surface area contributed by atoms with Crippen LogP contribution in [0.3, 0.4) is 0 Å². The van der Waals surface area contributed by atoms with Crippen LogP contribution in [0.2, 0.25) is 0 Å². The largest absolute Gasteiger partial charge is 0.456 e. The van der Waals surface area contributed by atoms with Crippen LogP contribution in [0.4, 0.5) is 34.1 Å². The van der Waals surface area contributed by atoms with Crippen molar-refractivity contribution in [2.75, 3.05) is 16.0 Å². The van der Waals surface area contributed by atoms with E-state index < -0.39 is 5.60 Å². The van der Waals surface area contributed by atoms with Crippen LogP contribution in [0, 0.1) is 0 Å². The SMILES string of the molecule is O=C1OC2(c3ccccc3Oc3ccccc32)c2cc(Nc3ccc(Nc4ccc(Nc5ccccc5)cc4)cc3)cc(Cc3ccccc3)c21. The monoisotopic (exact) mass is 663 g/mol. The van der Waals surface area contributed by atoms with E-state index in [1.807, 2.05) is 109 Å². The lowest BCUT2D eigenvalue weighted by atomic mass is 9.76. The minimum atomic E-state index is -1.15. The van der Waals surface area contributed by atoms with Crippen molar-refractivity contribution in [2.24, 2.45) is 0 Å².